The van der Waals surface area contributed by atoms with Gasteiger partial charge < -0.3 is 20.9 Å². The second-order valence-corrected chi connectivity index (χ2v) is 7.72. The molecular weight excluding hydrogens is 419 g/mol. The van der Waals surface area contributed by atoms with Crippen molar-refractivity contribution in [1.82, 2.24) is 5.32 Å². The van der Waals surface area contributed by atoms with Gasteiger partial charge in [-0.1, -0.05) is 6.07 Å². The maximum atomic E-state index is 11.7. The standard InChI is InChI=1S/C14H19IN2O4S/c1-14(2,3)21-13(20)17-9(12(18)19)7-22-10-6-4-5-8(15)11(10)16/h4-6,9H,7,16H2,1-3H3,(H,17,20)(H,18,19)/t9-/m0/s1. The molecule has 22 heavy (non-hydrogen) atoms. The van der Waals surface area contributed by atoms with Crippen molar-refractivity contribution in [2.45, 2.75) is 37.3 Å². The molecule has 0 unspecified atom stereocenters. The predicted molar refractivity (Wildman–Crippen MR) is 95.1 cm³/mol. The maximum absolute atomic E-state index is 11.7. The van der Waals surface area contributed by atoms with Crippen LogP contribution in [0.5, 0.6) is 0 Å². The first-order valence-electron chi connectivity index (χ1n) is 6.49. The molecule has 1 rings (SSSR count). The van der Waals surface area contributed by atoms with Gasteiger partial charge in [-0.2, -0.15) is 0 Å². The van der Waals surface area contributed by atoms with Crippen molar-refractivity contribution < 1.29 is 19.4 Å². The number of aliphatic carboxylic acids is 1. The molecule has 0 saturated heterocycles. The Labute approximate surface area is 147 Å². The van der Waals surface area contributed by atoms with Crippen LogP contribution in [0.2, 0.25) is 0 Å². The Bertz CT molecular complexity index is 560. The number of para-hydroxylation sites is 1. The molecule has 0 aliphatic carbocycles. The maximum Gasteiger partial charge on any atom is 0.408 e. The van der Waals surface area contributed by atoms with Crippen molar-refractivity contribution in [3.8, 4) is 0 Å². The molecule has 0 aliphatic heterocycles. The summed E-state index contributed by atoms with van der Waals surface area (Å²) >= 11 is 3.39. The molecule has 0 spiro atoms. The van der Waals surface area contributed by atoms with Crippen molar-refractivity contribution >= 4 is 52.1 Å². The van der Waals surface area contributed by atoms with Gasteiger partial charge in [0.25, 0.3) is 0 Å². The lowest BCUT2D eigenvalue weighted by molar-refractivity contribution is -0.138. The van der Waals surface area contributed by atoms with E-state index in [1.165, 1.54) is 11.8 Å². The molecule has 4 N–H and O–H groups in total. The summed E-state index contributed by atoms with van der Waals surface area (Å²) in [6.07, 6.45) is -0.754. The second-order valence-electron chi connectivity index (χ2n) is 5.50. The van der Waals surface area contributed by atoms with Crippen LogP contribution in [0.1, 0.15) is 20.8 Å². The quantitative estimate of drug-likeness (QED) is 0.371. The lowest BCUT2D eigenvalue weighted by Gasteiger charge is -2.22. The van der Waals surface area contributed by atoms with Crippen molar-refractivity contribution in [2.24, 2.45) is 0 Å². The van der Waals surface area contributed by atoms with Crippen LogP contribution in [0, 0.1) is 3.57 Å². The number of carboxylic acids is 1. The number of carbonyl (C=O) groups excluding carboxylic acids is 1. The number of hydrogen-bond acceptors (Lipinski definition) is 5. The van der Waals surface area contributed by atoms with E-state index in [1.54, 1.807) is 20.8 Å². The van der Waals surface area contributed by atoms with Crippen LogP contribution in [-0.4, -0.2) is 34.6 Å². The molecule has 1 atom stereocenters. The van der Waals surface area contributed by atoms with Gasteiger partial charge in [0.1, 0.15) is 11.6 Å². The predicted octanol–water partition coefficient (Wildman–Crippen LogP) is 2.94. The van der Waals surface area contributed by atoms with Gasteiger partial charge >= 0.3 is 12.1 Å². The Kier molecular flexibility index (Phi) is 6.79. The van der Waals surface area contributed by atoms with Crippen LogP contribution in [0.4, 0.5) is 10.5 Å². The van der Waals surface area contributed by atoms with Gasteiger partial charge in [0.15, 0.2) is 0 Å². The number of benzene rings is 1. The van der Waals surface area contributed by atoms with Crippen LogP contribution in [-0.2, 0) is 9.53 Å². The van der Waals surface area contributed by atoms with Gasteiger partial charge in [-0.3, -0.25) is 0 Å². The summed E-state index contributed by atoms with van der Waals surface area (Å²) in [5.74, 6) is -0.971. The minimum Gasteiger partial charge on any atom is -0.480 e. The molecule has 1 aromatic rings. The summed E-state index contributed by atoms with van der Waals surface area (Å²) < 4.78 is 5.96. The van der Waals surface area contributed by atoms with Crippen molar-refractivity contribution in [3.63, 3.8) is 0 Å². The summed E-state index contributed by atoms with van der Waals surface area (Å²) in [5, 5.41) is 11.6. The highest BCUT2D eigenvalue weighted by Crippen LogP contribution is 2.29. The minimum atomic E-state index is -1.12. The normalized spacial score (nSPS) is 12.5. The zero-order valence-corrected chi connectivity index (χ0v) is 15.5. The number of amides is 1. The molecule has 6 nitrogen and oxygen atoms in total. The molecule has 122 valence electrons. The van der Waals surface area contributed by atoms with E-state index in [2.05, 4.69) is 27.9 Å². The first-order valence-corrected chi connectivity index (χ1v) is 8.55. The second kappa shape index (κ2) is 7.91. The van der Waals surface area contributed by atoms with Gasteiger partial charge in [-0.15, -0.1) is 11.8 Å². The van der Waals surface area contributed by atoms with Crippen LogP contribution in [0.25, 0.3) is 0 Å². The van der Waals surface area contributed by atoms with Crippen molar-refractivity contribution in [1.29, 1.82) is 0 Å². The van der Waals surface area contributed by atoms with E-state index >= 15 is 0 Å². The van der Waals surface area contributed by atoms with Crippen LogP contribution < -0.4 is 11.1 Å². The Morgan fingerprint density at radius 1 is 1.45 bits per heavy atom. The molecule has 0 heterocycles. The summed E-state index contributed by atoms with van der Waals surface area (Å²) in [6, 6.07) is 4.47. The number of nitrogens with one attached hydrogen (secondary N) is 1. The third-order valence-corrected chi connectivity index (χ3v) is 4.52. The Hall–Kier alpha value is -1.16. The SMILES string of the molecule is CC(C)(C)OC(=O)N[C@@H](CSc1cccc(I)c1N)C(=O)O. The highest BCUT2D eigenvalue weighted by molar-refractivity contribution is 14.1. The van der Waals surface area contributed by atoms with Gasteiger partial charge in [0.05, 0.1) is 5.69 Å². The fourth-order valence-electron chi connectivity index (χ4n) is 1.44. The number of rotatable bonds is 5. The van der Waals surface area contributed by atoms with E-state index in [0.29, 0.717) is 5.69 Å². The van der Waals surface area contributed by atoms with Crippen LogP contribution in [0.3, 0.4) is 0 Å². The number of carbonyl (C=O) groups is 2. The molecule has 0 fully saturated rings. The number of carboxylic acid groups (broad SMARTS) is 1. The van der Waals surface area contributed by atoms with E-state index < -0.39 is 23.7 Å². The lowest BCUT2D eigenvalue weighted by Crippen LogP contribution is -2.44. The Balaban J connectivity index is 2.67. The summed E-state index contributed by atoms with van der Waals surface area (Å²) in [6.45, 7) is 5.14. The zero-order valence-electron chi connectivity index (χ0n) is 12.6. The Morgan fingerprint density at radius 3 is 2.64 bits per heavy atom. The van der Waals surface area contributed by atoms with Gasteiger partial charge in [-0.05, 0) is 55.5 Å². The van der Waals surface area contributed by atoms with E-state index in [4.69, 9.17) is 10.5 Å². The highest BCUT2D eigenvalue weighted by atomic mass is 127. The number of alkyl carbamates (subject to hydrolysis) is 1. The van der Waals surface area contributed by atoms with Crippen LogP contribution in [0.15, 0.2) is 23.1 Å². The van der Waals surface area contributed by atoms with Gasteiger partial charge in [-0.25, -0.2) is 9.59 Å². The van der Waals surface area contributed by atoms with Crippen molar-refractivity contribution in [2.75, 3.05) is 11.5 Å². The number of thioether (sulfide) groups is 1. The number of halogens is 1. The minimum absolute atomic E-state index is 0.152. The first-order chi connectivity index (χ1) is 10.1. The average Bonchev–Trinajstić information content (AvgIpc) is 2.36. The summed E-state index contributed by atoms with van der Waals surface area (Å²) in [5.41, 5.74) is 5.87. The highest BCUT2D eigenvalue weighted by Gasteiger charge is 2.24. The average molecular weight is 438 g/mol. The van der Waals surface area contributed by atoms with E-state index in [1.807, 2.05) is 18.2 Å². The zero-order chi connectivity index (χ0) is 16.9. The van der Waals surface area contributed by atoms with Crippen LogP contribution >= 0.6 is 34.4 Å². The number of anilines is 1. The molecule has 1 amide bonds. The fourth-order valence-corrected chi connectivity index (χ4v) is 3.13. The third kappa shape index (κ3) is 6.30. The van der Waals surface area contributed by atoms with E-state index in [0.717, 1.165) is 8.47 Å². The Morgan fingerprint density at radius 2 is 2.09 bits per heavy atom. The van der Waals surface area contributed by atoms with Gasteiger partial charge in [0.2, 0.25) is 0 Å². The topological polar surface area (TPSA) is 102 Å². The molecule has 0 aromatic heterocycles. The van der Waals surface area contributed by atoms with Gasteiger partial charge in [0, 0.05) is 14.2 Å². The molecular formula is C14H19IN2O4S. The number of ether oxygens (including phenoxy) is 1. The first kappa shape index (κ1) is 18.9. The lowest BCUT2D eigenvalue weighted by atomic mass is 10.2. The number of hydrogen-bond donors (Lipinski definition) is 3. The molecule has 8 heteroatoms. The smallest absolute Gasteiger partial charge is 0.408 e. The third-order valence-electron chi connectivity index (χ3n) is 2.41. The molecule has 0 saturated carbocycles. The largest absolute Gasteiger partial charge is 0.480 e. The molecule has 0 aliphatic rings. The van der Waals surface area contributed by atoms with E-state index in [-0.39, 0.29) is 5.75 Å². The molecule has 0 radical (unpaired) electrons. The van der Waals surface area contributed by atoms with Crippen molar-refractivity contribution in [3.05, 3.63) is 21.8 Å². The summed E-state index contributed by atoms with van der Waals surface area (Å²) in [7, 11) is 0. The monoisotopic (exact) mass is 438 g/mol. The fraction of sp³-hybridized carbons (Fsp3) is 0.429. The van der Waals surface area contributed by atoms with E-state index in [9.17, 15) is 14.7 Å². The summed E-state index contributed by atoms with van der Waals surface area (Å²) in [4.78, 5) is 23.7. The molecule has 0 bridgehead atoms. The molecule has 1 aromatic carbocycles. The number of nitrogens with two attached hydrogens (primary N) is 1. The number of nitrogen functional groups attached to an aromatic ring is 1.